The minimum absolute atomic E-state index is 0. The average molecular weight is 165 g/mol. The van der Waals surface area contributed by atoms with Crippen LogP contribution in [0.3, 0.4) is 0 Å². The molecule has 0 saturated carbocycles. The Labute approximate surface area is 73.7 Å². The molecule has 1 rings (SSSR count). The molecule has 0 aliphatic carbocycles. The van der Waals surface area contributed by atoms with Crippen LogP contribution in [0.4, 0.5) is 5.82 Å². The molecule has 3 heteroatoms. The highest BCUT2D eigenvalue weighted by molar-refractivity contribution is 5.65. The predicted octanol–water partition coefficient (Wildman–Crippen LogP) is 2.72. The number of aryl methyl sites for hydroxylation is 1. The molecule has 0 amide bonds. The van der Waals surface area contributed by atoms with E-state index in [1.807, 2.05) is 32.9 Å². The summed E-state index contributed by atoms with van der Waals surface area (Å²) >= 11 is 0. The Bertz CT molecular complexity index is 283. The lowest BCUT2D eigenvalue weighted by molar-refractivity contribution is 1.14. The van der Waals surface area contributed by atoms with Gasteiger partial charge in [-0.25, -0.2) is 9.98 Å². The summed E-state index contributed by atoms with van der Waals surface area (Å²) in [6.45, 7) is 5.76. The summed E-state index contributed by atoms with van der Waals surface area (Å²) in [5.74, 6) is 1.65. The Balaban J connectivity index is 0.00000144. The molecule has 1 N–H and O–H groups in total. The Morgan fingerprint density at radius 3 is 2.83 bits per heavy atom. The molecule has 0 fully saturated rings. The van der Waals surface area contributed by atoms with Gasteiger partial charge in [0.15, 0.2) is 5.82 Å². The maximum Gasteiger partial charge on any atom is 0.177 e. The number of allylic oxidation sites excluding steroid dienone is 1. The number of imidazole rings is 1. The number of aromatic nitrogens is 2. The SMILES string of the molecule is C/C=C\c1[nH]c(C)nc1/N=C\C.[HH]. The quantitative estimate of drug-likeness (QED) is 0.672. The highest BCUT2D eigenvalue weighted by Gasteiger charge is 2.01. The van der Waals surface area contributed by atoms with Crippen LogP contribution in [-0.2, 0) is 0 Å². The van der Waals surface area contributed by atoms with Crippen molar-refractivity contribution in [2.24, 2.45) is 4.99 Å². The van der Waals surface area contributed by atoms with Crippen molar-refractivity contribution in [2.75, 3.05) is 0 Å². The van der Waals surface area contributed by atoms with Gasteiger partial charge in [-0.15, -0.1) is 0 Å². The van der Waals surface area contributed by atoms with E-state index in [0.29, 0.717) is 0 Å². The second-order valence-corrected chi connectivity index (χ2v) is 2.45. The van der Waals surface area contributed by atoms with Gasteiger partial charge in [-0.3, -0.25) is 0 Å². The van der Waals surface area contributed by atoms with Crippen molar-refractivity contribution in [3.63, 3.8) is 0 Å². The van der Waals surface area contributed by atoms with Crippen molar-refractivity contribution in [3.05, 3.63) is 17.6 Å². The molecule has 0 aromatic carbocycles. The van der Waals surface area contributed by atoms with E-state index in [4.69, 9.17) is 0 Å². The van der Waals surface area contributed by atoms with Crippen LogP contribution in [-0.4, -0.2) is 16.2 Å². The molecule has 3 nitrogen and oxygen atoms in total. The summed E-state index contributed by atoms with van der Waals surface area (Å²) in [6.07, 6.45) is 5.66. The summed E-state index contributed by atoms with van der Waals surface area (Å²) in [4.78, 5) is 11.5. The highest BCUT2D eigenvalue weighted by atomic mass is 15.0. The van der Waals surface area contributed by atoms with Crippen molar-refractivity contribution in [2.45, 2.75) is 20.8 Å². The second kappa shape index (κ2) is 3.85. The maximum absolute atomic E-state index is 4.21. The van der Waals surface area contributed by atoms with Gasteiger partial charge in [-0.2, -0.15) is 0 Å². The Morgan fingerprint density at radius 1 is 1.50 bits per heavy atom. The van der Waals surface area contributed by atoms with E-state index in [1.165, 1.54) is 0 Å². The van der Waals surface area contributed by atoms with Gasteiger partial charge in [0.05, 0.1) is 5.69 Å². The lowest BCUT2D eigenvalue weighted by Crippen LogP contribution is -1.71. The standard InChI is InChI=1S/C9H13N3.H2/c1-4-6-8-9(10-5-2)12-7(3)11-8;/h4-6H,1-3H3,(H,11,12);1H/b6-4-,10-5-;. The van der Waals surface area contributed by atoms with E-state index in [9.17, 15) is 0 Å². The molecule has 1 aromatic heterocycles. The molecule has 0 saturated heterocycles. The summed E-state index contributed by atoms with van der Waals surface area (Å²) < 4.78 is 0. The average Bonchev–Trinajstić information content (AvgIpc) is 2.33. The van der Waals surface area contributed by atoms with Gasteiger partial charge < -0.3 is 4.98 Å². The summed E-state index contributed by atoms with van der Waals surface area (Å²) in [7, 11) is 0. The lowest BCUT2D eigenvalue weighted by Gasteiger charge is -1.86. The molecule has 0 unspecified atom stereocenters. The third-order valence-electron chi connectivity index (χ3n) is 1.41. The molecular weight excluding hydrogens is 150 g/mol. The fourth-order valence-corrected chi connectivity index (χ4v) is 1.00. The maximum atomic E-state index is 4.21. The predicted molar refractivity (Wildman–Crippen MR) is 54.0 cm³/mol. The third kappa shape index (κ3) is 1.81. The van der Waals surface area contributed by atoms with Crippen LogP contribution in [0.25, 0.3) is 6.08 Å². The van der Waals surface area contributed by atoms with Crippen molar-refractivity contribution < 1.29 is 1.43 Å². The molecule has 12 heavy (non-hydrogen) atoms. The first-order chi connectivity index (χ1) is 5.77. The number of hydrogen-bond donors (Lipinski definition) is 1. The largest absolute Gasteiger partial charge is 0.341 e. The first-order valence-electron chi connectivity index (χ1n) is 3.96. The minimum atomic E-state index is 0. The third-order valence-corrected chi connectivity index (χ3v) is 1.41. The Morgan fingerprint density at radius 2 is 2.25 bits per heavy atom. The molecule has 0 spiro atoms. The number of nitrogens with zero attached hydrogens (tertiary/aromatic N) is 2. The van der Waals surface area contributed by atoms with Crippen LogP contribution in [0.15, 0.2) is 11.1 Å². The molecular formula is C9H15N3. The number of aromatic amines is 1. The van der Waals surface area contributed by atoms with Crippen LogP contribution in [0.5, 0.6) is 0 Å². The number of nitrogens with one attached hydrogen (secondary N) is 1. The number of rotatable bonds is 2. The monoisotopic (exact) mass is 165 g/mol. The van der Waals surface area contributed by atoms with E-state index in [2.05, 4.69) is 15.0 Å². The zero-order chi connectivity index (χ0) is 8.97. The van der Waals surface area contributed by atoms with Gasteiger partial charge >= 0.3 is 0 Å². The van der Waals surface area contributed by atoms with Gasteiger partial charge in [0, 0.05) is 7.64 Å². The van der Waals surface area contributed by atoms with Gasteiger partial charge in [-0.05, 0) is 26.8 Å². The zero-order valence-corrected chi connectivity index (χ0v) is 7.63. The molecule has 0 aliphatic rings. The van der Waals surface area contributed by atoms with Crippen LogP contribution in [0, 0.1) is 6.92 Å². The van der Waals surface area contributed by atoms with Crippen molar-refractivity contribution in [3.8, 4) is 0 Å². The van der Waals surface area contributed by atoms with Crippen LogP contribution in [0.2, 0.25) is 0 Å². The van der Waals surface area contributed by atoms with E-state index in [0.717, 1.165) is 17.3 Å². The van der Waals surface area contributed by atoms with Crippen molar-refractivity contribution >= 4 is 18.1 Å². The summed E-state index contributed by atoms with van der Waals surface area (Å²) in [5, 5.41) is 0. The molecule has 0 radical (unpaired) electrons. The Hall–Kier alpha value is -1.38. The smallest absolute Gasteiger partial charge is 0.177 e. The van der Waals surface area contributed by atoms with E-state index >= 15 is 0 Å². The van der Waals surface area contributed by atoms with E-state index < -0.39 is 0 Å². The van der Waals surface area contributed by atoms with Crippen molar-refractivity contribution in [1.82, 2.24) is 9.97 Å². The normalized spacial score (nSPS) is 11.9. The van der Waals surface area contributed by atoms with Gasteiger partial charge in [0.25, 0.3) is 0 Å². The summed E-state index contributed by atoms with van der Waals surface area (Å²) in [6, 6.07) is 0. The van der Waals surface area contributed by atoms with Gasteiger partial charge in [0.1, 0.15) is 5.82 Å². The minimum Gasteiger partial charge on any atom is -0.341 e. The molecule has 1 aromatic rings. The second-order valence-electron chi connectivity index (χ2n) is 2.45. The lowest BCUT2D eigenvalue weighted by atomic mass is 10.4. The number of aliphatic imine (C=N–C) groups is 1. The fourth-order valence-electron chi connectivity index (χ4n) is 1.00. The Kier molecular flexibility index (Phi) is 2.80. The highest BCUT2D eigenvalue weighted by Crippen LogP contribution is 2.16. The zero-order valence-electron chi connectivity index (χ0n) is 7.63. The summed E-state index contributed by atoms with van der Waals surface area (Å²) in [5.41, 5.74) is 0.966. The van der Waals surface area contributed by atoms with Crippen LogP contribution < -0.4 is 0 Å². The molecule has 0 atom stereocenters. The van der Waals surface area contributed by atoms with Crippen LogP contribution in [0.1, 0.15) is 26.8 Å². The van der Waals surface area contributed by atoms with Gasteiger partial charge in [-0.1, -0.05) is 6.08 Å². The number of hydrogen-bond acceptors (Lipinski definition) is 2. The van der Waals surface area contributed by atoms with Gasteiger partial charge in [0.2, 0.25) is 0 Å². The van der Waals surface area contributed by atoms with E-state index in [1.54, 1.807) is 6.21 Å². The van der Waals surface area contributed by atoms with Crippen LogP contribution >= 0.6 is 0 Å². The van der Waals surface area contributed by atoms with Crippen molar-refractivity contribution in [1.29, 1.82) is 0 Å². The topological polar surface area (TPSA) is 41.0 Å². The molecule has 0 bridgehead atoms. The number of H-pyrrole nitrogens is 1. The first kappa shape index (κ1) is 8.71. The molecule has 1 heterocycles. The van der Waals surface area contributed by atoms with E-state index in [-0.39, 0.29) is 1.43 Å². The first-order valence-corrected chi connectivity index (χ1v) is 3.96. The fraction of sp³-hybridized carbons (Fsp3) is 0.333. The molecule has 0 aliphatic heterocycles. The molecule has 66 valence electrons.